The molecule has 3 aromatic rings. The van der Waals surface area contributed by atoms with E-state index < -0.39 is 11.6 Å². The van der Waals surface area contributed by atoms with E-state index in [4.69, 9.17) is 4.84 Å². The molecule has 0 amide bonds. The normalized spacial score (nSPS) is 15.6. The number of aryl methyl sites for hydroxylation is 2. The number of benzene rings is 2. The summed E-state index contributed by atoms with van der Waals surface area (Å²) in [5, 5.41) is 4.33. The minimum absolute atomic E-state index is 0.0933. The zero-order valence-electron chi connectivity index (χ0n) is 19.0. The van der Waals surface area contributed by atoms with Gasteiger partial charge in [0.1, 0.15) is 23.5 Å². The largest absolute Gasteiger partial charge is 0.392 e. The zero-order chi connectivity index (χ0) is 23.5. The first-order valence-electron chi connectivity index (χ1n) is 11.0. The summed E-state index contributed by atoms with van der Waals surface area (Å²) in [6.07, 6.45) is 3.16. The molecule has 1 aromatic heterocycles. The Kier molecular flexibility index (Phi) is 6.70. The van der Waals surface area contributed by atoms with E-state index in [1.165, 1.54) is 22.8 Å². The van der Waals surface area contributed by atoms with Crippen molar-refractivity contribution in [3.63, 3.8) is 0 Å². The number of pyridine rings is 1. The number of halogens is 2. The summed E-state index contributed by atoms with van der Waals surface area (Å²) in [5.41, 5.74) is 3.23. The van der Waals surface area contributed by atoms with Crippen molar-refractivity contribution in [2.75, 3.05) is 20.1 Å². The standard InChI is InChI=1S/C26H27F2N3O2/c1-17-5-4-6-18(2)26(17)31-16-19(7-10-24(31)32)25(22-9-8-20(27)15-23(22)28)29-33-21-11-13-30(3)14-12-21/h4-10,15-16,21H,11-14H2,1-3H3. The maximum atomic E-state index is 14.8. The lowest BCUT2D eigenvalue weighted by atomic mass is 10.0. The fourth-order valence-electron chi connectivity index (χ4n) is 4.14. The molecule has 2 aromatic carbocycles. The molecule has 0 unspecified atom stereocenters. The molecule has 172 valence electrons. The molecule has 0 saturated carbocycles. The summed E-state index contributed by atoms with van der Waals surface area (Å²) in [4.78, 5) is 20.8. The van der Waals surface area contributed by atoms with E-state index in [0.29, 0.717) is 5.56 Å². The van der Waals surface area contributed by atoms with Gasteiger partial charge in [0.25, 0.3) is 5.56 Å². The molecular formula is C26H27F2N3O2. The topological polar surface area (TPSA) is 46.8 Å². The number of oxime groups is 1. The van der Waals surface area contributed by atoms with E-state index in [1.54, 1.807) is 12.3 Å². The minimum Gasteiger partial charge on any atom is -0.392 e. The van der Waals surface area contributed by atoms with Crippen LogP contribution < -0.4 is 5.56 Å². The third kappa shape index (κ3) is 5.03. The summed E-state index contributed by atoms with van der Waals surface area (Å²) >= 11 is 0. The van der Waals surface area contributed by atoms with Gasteiger partial charge in [0.15, 0.2) is 0 Å². The third-order valence-corrected chi connectivity index (χ3v) is 6.01. The van der Waals surface area contributed by atoms with Crippen molar-refractivity contribution in [1.82, 2.24) is 9.47 Å². The van der Waals surface area contributed by atoms with Crippen LogP contribution in [0.4, 0.5) is 8.78 Å². The molecule has 0 bridgehead atoms. The van der Waals surface area contributed by atoms with Crippen molar-refractivity contribution in [1.29, 1.82) is 0 Å². The molecule has 0 N–H and O–H groups in total. The Morgan fingerprint density at radius 1 is 1.03 bits per heavy atom. The Morgan fingerprint density at radius 3 is 2.39 bits per heavy atom. The van der Waals surface area contributed by atoms with Crippen molar-refractivity contribution < 1.29 is 13.6 Å². The number of rotatable bonds is 5. The van der Waals surface area contributed by atoms with E-state index in [2.05, 4.69) is 17.1 Å². The van der Waals surface area contributed by atoms with Crippen LogP contribution in [0.3, 0.4) is 0 Å². The maximum absolute atomic E-state index is 14.8. The number of aromatic nitrogens is 1. The smallest absolute Gasteiger partial charge is 0.255 e. The molecule has 0 aliphatic carbocycles. The van der Waals surface area contributed by atoms with Crippen LogP contribution in [0, 0.1) is 25.5 Å². The number of hydrogen-bond acceptors (Lipinski definition) is 4. The highest BCUT2D eigenvalue weighted by Crippen LogP contribution is 2.21. The molecule has 5 nitrogen and oxygen atoms in total. The van der Waals surface area contributed by atoms with Crippen LogP contribution in [-0.2, 0) is 4.84 Å². The van der Waals surface area contributed by atoms with Crippen molar-refractivity contribution >= 4 is 5.71 Å². The average molecular weight is 452 g/mol. The second kappa shape index (κ2) is 9.67. The van der Waals surface area contributed by atoms with E-state index in [9.17, 15) is 13.6 Å². The fourth-order valence-corrected chi connectivity index (χ4v) is 4.14. The fraction of sp³-hybridized carbons (Fsp3) is 0.308. The molecule has 0 atom stereocenters. The Hall–Kier alpha value is -3.32. The quantitative estimate of drug-likeness (QED) is 0.421. The zero-order valence-corrected chi connectivity index (χ0v) is 19.0. The summed E-state index contributed by atoms with van der Waals surface area (Å²) in [7, 11) is 2.05. The van der Waals surface area contributed by atoms with Crippen molar-refractivity contribution in [2.45, 2.75) is 32.8 Å². The van der Waals surface area contributed by atoms with Gasteiger partial charge >= 0.3 is 0 Å². The number of likely N-dealkylation sites (tertiary alicyclic amines) is 1. The first kappa shape index (κ1) is 22.9. The summed E-state index contributed by atoms with van der Waals surface area (Å²) in [6, 6.07) is 12.2. The highest BCUT2D eigenvalue weighted by Gasteiger charge is 2.20. The summed E-state index contributed by atoms with van der Waals surface area (Å²) < 4.78 is 29.9. The van der Waals surface area contributed by atoms with Gasteiger partial charge in [0, 0.05) is 42.5 Å². The number of nitrogens with zero attached hydrogens (tertiary/aromatic N) is 3. The second-order valence-corrected chi connectivity index (χ2v) is 8.54. The maximum Gasteiger partial charge on any atom is 0.255 e. The van der Waals surface area contributed by atoms with Gasteiger partial charge < -0.3 is 9.74 Å². The molecular weight excluding hydrogens is 424 g/mol. The second-order valence-electron chi connectivity index (χ2n) is 8.54. The Labute approximate surface area is 191 Å². The molecule has 2 heterocycles. The molecule has 1 fully saturated rings. The molecule has 0 radical (unpaired) electrons. The van der Waals surface area contributed by atoms with Crippen LogP contribution in [0.1, 0.15) is 35.1 Å². The minimum atomic E-state index is -0.745. The lowest BCUT2D eigenvalue weighted by molar-refractivity contribution is 0.0163. The monoisotopic (exact) mass is 451 g/mol. The molecule has 7 heteroatoms. The van der Waals surface area contributed by atoms with Crippen LogP contribution in [0.2, 0.25) is 0 Å². The van der Waals surface area contributed by atoms with Crippen LogP contribution in [0.15, 0.2) is 64.7 Å². The SMILES string of the molecule is Cc1cccc(C)c1-n1cc(C(=NOC2CCN(C)CC2)c2ccc(F)cc2F)ccc1=O. The number of hydrogen-bond donors (Lipinski definition) is 0. The van der Waals surface area contributed by atoms with Crippen molar-refractivity contribution in [3.8, 4) is 5.69 Å². The first-order chi connectivity index (χ1) is 15.8. The van der Waals surface area contributed by atoms with Gasteiger partial charge in [0.05, 0.1) is 5.69 Å². The summed E-state index contributed by atoms with van der Waals surface area (Å²) in [5.74, 6) is -1.42. The lowest BCUT2D eigenvalue weighted by Crippen LogP contribution is -2.33. The molecule has 1 aliphatic rings. The Morgan fingerprint density at radius 2 is 1.73 bits per heavy atom. The molecule has 4 rings (SSSR count). The molecule has 1 aliphatic heterocycles. The van der Waals surface area contributed by atoms with Gasteiger partial charge in [-0.2, -0.15) is 0 Å². The first-order valence-corrected chi connectivity index (χ1v) is 11.0. The predicted octanol–water partition coefficient (Wildman–Crippen LogP) is 4.60. The average Bonchev–Trinajstić information content (AvgIpc) is 2.78. The predicted molar refractivity (Wildman–Crippen MR) is 125 cm³/mol. The summed E-state index contributed by atoms with van der Waals surface area (Å²) in [6.45, 7) is 5.63. The van der Waals surface area contributed by atoms with Gasteiger partial charge in [-0.15, -0.1) is 0 Å². The molecule has 1 saturated heterocycles. The van der Waals surface area contributed by atoms with E-state index in [1.807, 2.05) is 32.0 Å². The van der Waals surface area contributed by atoms with Crippen LogP contribution >= 0.6 is 0 Å². The number of para-hydroxylation sites is 1. The molecule has 33 heavy (non-hydrogen) atoms. The highest BCUT2D eigenvalue weighted by atomic mass is 19.1. The Bertz CT molecular complexity index is 1220. The van der Waals surface area contributed by atoms with Crippen molar-refractivity contribution in [3.05, 3.63) is 99.0 Å². The van der Waals surface area contributed by atoms with E-state index >= 15 is 0 Å². The molecule has 0 spiro atoms. The van der Waals surface area contributed by atoms with Crippen molar-refractivity contribution in [2.24, 2.45) is 5.16 Å². The highest BCUT2D eigenvalue weighted by molar-refractivity contribution is 6.12. The third-order valence-electron chi connectivity index (χ3n) is 6.01. The number of piperidine rings is 1. The lowest BCUT2D eigenvalue weighted by Gasteiger charge is -2.27. The van der Waals surface area contributed by atoms with Gasteiger partial charge in [-0.25, -0.2) is 8.78 Å². The van der Waals surface area contributed by atoms with Gasteiger partial charge in [-0.1, -0.05) is 23.4 Å². The van der Waals surface area contributed by atoms with E-state index in [-0.39, 0.29) is 22.9 Å². The van der Waals surface area contributed by atoms with Gasteiger partial charge in [-0.3, -0.25) is 9.36 Å². The Balaban J connectivity index is 1.80. The van der Waals surface area contributed by atoms with Crippen LogP contribution in [-0.4, -0.2) is 41.4 Å². The van der Waals surface area contributed by atoms with Gasteiger partial charge in [-0.05, 0) is 63.1 Å². The van der Waals surface area contributed by atoms with Crippen LogP contribution in [0.5, 0.6) is 0 Å². The van der Waals surface area contributed by atoms with Crippen LogP contribution in [0.25, 0.3) is 5.69 Å². The van der Waals surface area contributed by atoms with Gasteiger partial charge in [0.2, 0.25) is 0 Å². The van der Waals surface area contributed by atoms with E-state index in [0.717, 1.165) is 48.8 Å².